The molecule has 0 N–H and O–H groups in total. The van der Waals surface area contributed by atoms with Crippen LogP contribution < -0.4 is 14.4 Å². The Balaban J connectivity index is 1.56. The number of carbonyl (C=O) groups excluding carboxylic acids is 1. The van der Waals surface area contributed by atoms with Gasteiger partial charge in [-0.2, -0.15) is 5.26 Å². The Bertz CT molecular complexity index is 837. The molecule has 6 nitrogen and oxygen atoms in total. The highest BCUT2D eigenvalue weighted by Gasteiger charge is 2.27. The fourth-order valence-electron chi connectivity index (χ4n) is 3.28. The van der Waals surface area contributed by atoms with Crippen LogP contribution in [0.1, 0.15) is 19.4 Å². The van der Waals surface area contributed by atoms with Gasteiger partial charge in [0, 0.05) is 26.2 Å². The molecule has 2 aromatic rings. The molecule has 1 saturated heterocycles. The molecule has 2 aromatic carbocycles. The first-order valence-corrected chi connectivity index (χ1v) is 9.54. The largest absolute Gasteiger partial charge is 0.492 e. The van der Waals surface area contributed by atoms with Gasteiger partial charge < -0.3 is 19.3 Å². The third-order valence-electron chi connectivity index (χ3n) is 4.74. The number of nitriles is 1. The van der Waals surface area contributed by atoms with E-state index in [-0.39, 0.29) is 5.91 Å². The van der Waals surface area contributed by atoms with Gasteiger partial charge in [0.2, 0.25) is 0 Å². The molecule has 3 rings (SSSR count). The van der Waals surface area contributed by atoms with E-state index in [0.29, 0.717) is 31.0 Å². The Hall–Kier alpha value is -3.20. The molecule has 1 aliphatic rings. The van der Waals surface area contributed by atoms with Gasteiger partial charge >= 0.3 is 0 Å². The zero-order chi connectivity index (χ0) is 19.9. The fourth-order valence-corrected chi connectivity index (χ4v) is 3.28. The van der Waals surface area contributed by atoms with Crippen LogP contribution in [0.15, 0.2) is 48.5 Å². The third kappa shape index (κ3) is 4.55. The lowest BCUT2D eigenvalue weighted by Crippen LogP contribution is -2.52. The highest BCUT2D eigenvalue weighted by molar-refractivity contribution is 5.81. The van der Waals surface area contributed by atoms with E-state index in [1.807, 2.05) is 30.0 Å². The first kappa shape index (κ1) is 19.6. The molecule has 1 fully saturated rings. The molecule has 0 spiro atoms. The number of para-hydroxylation sites is 2. The van der Waals surface area contributed by atoms with Crippen molar-refractivity contribution in [2.75, 3.05) is 37.7 Å². The molecule has 6 heteroatoms. The van der Waals surface area contributed by atoms with Crippen LogP contribution in [0.4, 0.5) is 5.69 Å². The van der Waals surface area contributed by atoms with E-state index in [4.69, 9.17) is 14.7 Å². The van der Waals surface area contributed by atoms with Crippen molar-refractivity contribution < 1.29 is 14.3 Å². The Kier molecular flexibility index (Phi) is 6.38. The minimum atomic E-state index is -0.574. The molecule has 1 unspecified atom stereocenters. The van der Waals surface area contributed by atoms with Gasteiger partial charge in [0.1, 0.15) is 11.5 Å². The van der Waals surface area contributed by atoms with Crippen LogP contribution in [0.2, 0.25) is 0 Å². The number of carbonyl (C=O) groups is 1. The summed E-state index contributed by atoms with van der Waals surface area (Å²) in [4.78, 5) is 16.8. The summed E-state index contributed by atoms with van der Waals surface area (Å²) in [6.07, 6.45) is -0.574. The van der Waals surface area contributed by atoms with E-state index in [1.54, 1.807) is 31.2 Å². The second kappa shape index (κ2) is 9.14. The third-order valence-corrected chi connectivity index (χ3v) is 4.74. The lowest BCUT2D eigenvalue weighted by Gasteiger charge is -2.37. The SMILES string of the molecule is CCOc1ccccc1N1CCN(C(=O)C(C)Oc2ccc(C#N)cc2)CC1. The Morgan fingerprint density at radius 1 is 1.11 bits per heavy atom. The van der Waals surface area contributed by atoms with Crippen molar-refractivity contribution in [3.05, 3.63) is 54.1 Å². The second-order valence-electron chi connectivity index (χ2n) is 6.61. The molecule has 28 heavy (non-hydrogen) atoms. The fraction of sp³-hybridized carbons (Fsp3) is 0.364. The van der Waals surface area contributed by atoms with E-state index in [1.165, 1.54) is 0 Å². The summed E-state index contributed by atoms with van der Waals surface area (Å²) in [5.41, 5.74) is 1.63. The summed E-state index contributed by atoms with van der Waals surface area (Å²) in [6, 6.07) is 16.9. The van der Waals surface area contributed by atoms with Crippen LogP contribution in [-0.2, 0) is 4.79 Å². The van der Waals surface area contributed by atoms with E-state index < -0.39 is 6.10 Å². The Labute approximate surface area is 165 Å². The van der Waals surface area contributed by atoms with Crippen molar-refractivity contribution in [2.45, 2.75) is 20.0 Å². The minimum absolute atomic E-state index is 0.0258. The molecule has 146 valence electrons. The van der Waals surface area contributed by atoms with E-state index in [9.17, 15) is 4.79 Å². The van der Waals surface area contributed by atoms with Gasteiger partial charge in [-0.05, 0) is 50.2 Å². The summed E-state index contributed by atoms with van der Waals surface area (Å²) in [5.74, 6) is 1.44. The highest BCUT2D eigenvalue weighted by Crippen LogP contribution is 2.29. The van der Waals surface area contributed by atoms with Gasteiger partial charge in [-0.15, -0.1) is 0 Å². The van der Waals surface area contributed by atoms with Gasteiger partial charge in [-0.3, -0.25) is 4.79 Å². The van der Waals surface area contributed by atoms with Crippen LogP contribution in [0.3, 0.4) is 0 Å². The summed E-state index contributed by atoms with van der Waals surface area (Å²) < 4.78 is 11.5. The van der Waals surface area contributed by atoms with Gasteiger partial charge in [-0.25, -0.2) is 0 Å². The zero-order valence-electron chi connectivity index (χ0n) is 16.3. The summed E-state index contributed by atoms with van der Waals surface area (Å²) in [7, 11) is 0. The first-order valence-electron chi connectivity index (χ1n) is 9.54. The average molecular weight is 379 g/mol. The number of piperazine rings is 1. The van der Waals surface area contributed by atoms with E-state index in [2.05, 4.69) is 17.0 Å². The van der Waals surface area contributed by atoms with Crippen molar-refractivity contribution in [1.29, 1.82) is 5.26 Å². The number of anilines is 1. The summed E-state index contributed by atoms with van der Waals surface area (Å²) in [6.45, 7) is 7.14. The molecular formula is C22H25N3O3. The van der Waals surface area contributed by atoms with Crippen LogP contribution in [-0.4, -0.2) is 49.7 Å². The summed E-state index contributed by atoms with van der Waals surface area (Å²) in [5, 5.41) is 8.86. The molecule has 1 heterocycles. The molecule has 0 radical (unpaired) electrons. The molecule has 0 aromatic heterocycles. The van der Waals surface area contributed by atoms with Gasteiger partial charge in [0.25, 0.3) is 5.91 Å². The van der Waals surface area contributed by atoms with Crippen molar-refractivity contribution in [2.24, 2.45) is 0 Å². The van der Waals surface area contributed by atoms with Gasteiger partial charge in [0.05, 0.1) is 23.9 Å². The van der Waals surface area contributed by atoms with Crippen molar-refractivity contribution in [3.8, 4) is 17.6 Å². The lowest BCUT2D eigenvalue weighted by atomic mass is 10.2. The molecule has 1 aliphatic heterocycles. The normalized spacial score (nSPS) is 14.9. The number of benzene rings is 2. The van der Waals surface area contributed by atoms with Gasteiger partial charge in [0.15, 0.2) is 6.10 Å². The van der Waals surface area contributed by atoms with Crippen molar-refractivity contribution >= 4 is 11.6 Å². The minimum Gasteiger partial charge on any atom is -0.492 e. The Morgan fingerprint density at radius 3 is 2.43 bits per heavy atom. The molecule has 1 amide bonds. The molecule has 0 bridgehead atoms. The first-order chi connectivity index (χ1) is 13.6. The van der Waals surface area contributed by atoms with E-state index in [0.717, 1.165) is 24.5 Å². The number of nitrogens with zero attached hydrogens (tertiary/aromatic N) is 3. The zero-order valence-corrected chi connectivity index (χ0v) is 16.3. The predicted octanol–water partition coefficient (Wildman–Crippen LogP) is 3.07. The number of hydrogen-bond donors (Lipinski definition) is 0. The monoisotopic (exact) mass is 379 g/mol. The predicted molar refractivity (Wildman–Crippen MR) is 108 cm³/mol. The average Bonchev–Trinajstić information content (AvgIpc) is 2.74. The number of ether oxygens (including phenoxy) is 2. The maximum absolute atomic E-state index is 12.7. The van der Waals surface area contributed by atoms with E-state index >= 15 is 0 Å². The van der Waals surface area contributed by atoms with Crippen LogP contribution >= 0.6 is 0 Å². The molecule has 0 aliphatic carbocycles. The Morgan fingerprint density at radius 2 is 1.79 bits per heavy atom. The van der Waals surface area contributed by atoms with Gasteiger partial charge in [-0.1, -0.05) is 12.1 Å². The molecular weight excluding hydrogens is 354 g/mol. The molecule has 1 atom stereocenters. The number of amides is 1. The number of rotatable bonds is 6. The standard InChI is InChI=1S/C22H25N3O3/c1-3-27-21-7-5-4-6-20(21)24-12-14-25(15-13-24)22(26)17(2)28-19-10-8-18(16-23)9-11-19/h4-11,17H,3,12-15H2,1-2H3. The maximum Gasteiger partial charge on any atom is 0.263 e. The topological polar surface area (TPSA) is 65.8 Å². The quantitative estimate of drug-likeness (QED) is 0.772. The molecule has 0 saturated carbocycles. The summed E-state index contributed by atoms with van der Waals surface area (Å²) >= 11 is 0. The smallest absolute Gasteiger partial charge is 0.263 e. The maximum atomic E-state index is 12.7. The van der Waals surface area contributed by atoms with Crippen LogP contribution in [0.25, 0.3) is 0 Å². The van der Waals surface area contributed by atoms with Crippen molar-refractivity contribution in [3.63, 3.8) is 0 Å². The second-order valence-corrected chi connectivity index (χ2v) is 6.61. The van der Waals surface area contributed by atoms with Crippen molar-refractivity contribution in [1.82, 2.24) is 4.90 Å². The lowest BCUT2D eigenvalue weighted by molar-refractivity contribution is -0.138. The van der Waals surface area contributed by atoms with Crippen LogP contribution in [0.5, 0.6) is 11.5 Å². The highest BCUT2D eigenvalue weighted by atomic mass is 16.5. The number of hydrogen-bond acceptors (Lipinski definition) is 5. The van der Waals surface area contributed by atoms with Crippen LogP contribution in [0, 0.1) is 11.3 Å².